The number of rotatable bonds is 6. The molecule has 0 aliphatic carbocycles. The smallest absolute Gasteiger partial charge is 0.263 e. The van der Waals surface area contributed by atoms with Gasteiger partial charge < -0.3 is 19.4 Å². The third-order valence-electron chi connectivity index (χ3n) is 4.98. The Morgan fingerprint density at radius 1 is 1.32 bits per heavy atom. The van der Waals surface area contributed by atoms with E-state index in [9.17, 15) is 10.1 Å². The first kappa shape index (κ1) is 19.5. The van der Waals surface area contributed by atoms with Gasteiger partial charge in [0.1, 0.15) is 23.7 Å². The van der Waals surface area contributed by atoms with Gasteiger partial charge in [0.2, 0.25) is 0 Å². The van der Waals surface area contributed by atoms with Crippen molar-refractivity contribution >= 4 is 11.7 Å². The summed E-state index contributed by atoms with van der Waals surface area (Å²) >= 11 is 0. The number of benzene rings is 1. The zero-order valence-corrected chi connectivity index (χ0v) is 16.0. The Labute approximate surface area is 164 Å². The summed E-state index contributed by atoms with van der Waals surface area (Å²) < 4.78 is 13.1. The van der Waals surface area contributed by atoms with Gasteiger partial charge in [-0.15, -0.1) is 0 Å². The molecule has 7 nitrogen and oxygen atoms in total. The molecule has 1 saturated heterocycles. The van der Waals surface area contributed by atoms with E-state index in [4.69, 9.17) is 14.7 Å². The highest BCUT2D eigenvalue weighted by molar-refractivity contribution is 5.93. The lowest BCUT2D eigenvalue weighted by Gasteiger charge is -2.17. The lowest BCUT2D eigenvalue weighted by Crippen LogP contribution is -2.24. The molecule has 1 aromatic carbocycles. The third-order valence-corrected chi connectivity index (χ3v) is 4.98. The van der Waals surface area contributed by atoms with Gasteiger partial charge >= 0.3 is 0 Å². The van der Waals surface area contributed by atoms with Gasteiger partial charge in [0, 0.05) is 12.3 Å². The second-order valence-corrected chi connectivity index (χ2v) is 6.74. The Morgan fingerprint density at radius 2 is 2.11 bits per heavy atom. The minimum Gasteiger partial charge on any atom is -0.482 e. The van der Waals surface area contributed by atoms with Gasteiger partial charge in [-0.3, -0.25) is 4.79 Å². The van der Waals surface area contributed by atoms with Crippen LogP contribution in [0.15, 0.2) is 24.3 Å². The largest absolute Gasteiger partial charge is 0.482 e. The van der Waals surface area contributed by atoms with E-state index in [1.165, 1.54) is 0 Å². The van der Waals surface area contributed by atoms with Gasteiger partial charge in [-0.05, 0) is 44.4 Å². The van der Waals surface area contributed by atoms with Crippen LogP contribution in [-0.2, 0) is 16.1 Å². The zero-order chi connectivity index (χ0) is 20.1. The fourth-order valence-corrected chi connectivity index (χ4v) is 3.35. The number of ether oxygens (including phenoxy) is 2. The Hall–Kier alpha value is -3.29. The number of nitriles is 2. The molecule has 1 aliphatic heterocycles. The molecule has 1 fully saturated rings. The summed E-state index contributed by atoms with van der Waals surface area (Å²) in [5, 5.41) is 21.5. The Balaban J connectivity index is 1.77. The van der Waals surface area contributed by atoms with Crippen molar-refractivity contribution in [3.05, 3.63) is 46.6 Å². The van der Waals surface area contributed by atoms with E-state index >= 15 is 0 Å². The SMILES string of the molecule is Cc1c(C#N)c(NC(=O)COc2ccccc2C#N)n(CC2CCCO2)c1C. The molecule has 1 aliphatic rings. The summed E-state index contributed by atoms with van der Waals surface area (Å²) in [6.07, 6.45) is 2.05. The van der Waals surface area contributed by atoms with Crippen molar-refractivity contribution in [2.45, 2.75) is 39.3 Å². The number of carbonyl (C=O) groups is 1. The van der Waals surface area contributed by atoms with Gasteiger partial charge in [0.05, 0.1) is 23.8 Å². The molecule has 0 saturated carbocycles. The fourth-order valence-electron chi connectivity index (χ4n) is 3.35. The normalized spacial score (nSPS) is 15.6. The van der Waals surface area contributed by atoms with Crippen molar-refractivity contribution in [3.8, 4) is 17.9 Å². The third kappa shape index (κ3) is 4.00. The van der Waals surface area contributed by atoms with Crippen molar-refractivity contribution in [3.63, 3.8) is 0 Å². The van der Waals surface area contributed by atoms with E-state index in [1.54, 1.807) is 24.3 Å². The van der Waals surface area contributed by atoms with E-state index < -0.39 is 5.91 Å². The highest BCUT2D eigenvalue weighted by atomic mass is 16.5. The molecule has 0 radical (unpaired) electrons. The van der Waals surface area contributed by atoms with Gasteiger partial charge in [-0.25, -0.2) is 0 Å². The standard InChI is InChI=1S/C21H22N4O3/c1-14-15(2)25(12-17-7-5-9-27-17)21(18(14)11-23)24-20(26)13-28-19-8-4-3-6-16(19)10-22/h3-4,6,8,17H,5,7,9,12-13H2,1-2H3,(H,24,26). The maximum atomic E-state index is 12.5. The van der Waals surface area contributed by atoms with Gasteiger partial charge in [0.15, 0.2) is 6.61 Å². The van der Waals surface area contributed by atoms with E-state index in [1.807, 2.05) is 24.5 Å². The first-order valence-corrected chi connectivity index (χ1v) is 9.18. The topological polar surface area (TPSA) is 100 Å². The number of hydrogen-bond donors (Lipinski definition) is 1. The van der Waals surface area contributed by atoms with Gasteiger partial charge in [0.25, 0.3) is 5.91 Å². The van der Waals surface area contributed by atoms with E-state index in [0.29, 0.717) is 29.2 Å². The van der Waals surface area contributed by atoms with Crippen LogP contribution in [0.25, 0.3) is 0 Å². The maximum absolute atomic E-state index is 12.5. The number of aromatic nitrogens is 1. The van der Waals surface area contributed by atoms with Crippen molar-refractivity contribution in [2.75, 3.05) is 18.5 Å². The summed E-state index contributed by atoms with van der Waals surface area (Å²) in [6.45, 7) is 4.87. The molecule has 1 atom stereocenters. The molecule has 1 N–H and O–H groups in total. The number of nitrogens with zero attached hydrogens (tertiary/aromatic N) is 3. The average molecular weight is 378 g/mol. The van der Waals surface area contributed by atoms with Crippen molar-refractivity contribution < 1.29 is 14.3 Å². The molecule has 2 heterocycles. The molecular formula is C21H22N4O3. The van der Waals surface area contributed by atoms with Crippen LogP contribution in [0.3, 0.4) is 0 Å². The molecule has 28 heavy (non-hydrogen) atoms. The number of carbonyl (C=O) groups excluding carboxylic acids is 1. The minimum atomic E-state index is -0.393. The van der Waals surface area contributed by atoms with Crippen LogP contribution >= 0.6 is 0 Å². The van der Waals surface area contributed by atoms with Crippen LogP contribution in [-0.4, -0.2) is 29.8 Å². The van der Waals surface area contributed by atoms with Crippen LogP contribution in [0.5, 0.6) is 5.75 Å². The van der Waals surface area contributed by atoms with Crippen molar-refractivity contribution in [1.82, 2.24) is 4.57 Å². The van der Waals surface area contributed by atoms with Crippen LogP contribution < -0.4 is 10.1 Å². The zero-order valence-electron chi connectivity index (χ0n) is 16.0. The molecule has 1 unspecified atom stereocenters. The number of amides is 1. The average Bonchev–Trinajstić information content (AvgIpc) is 3.29. The van der Waals surface area contributed by atoms with Crippen LogP contribution in [0.1, 0.15) is 35.2 Å². The highest BCUT2D eigenvalue weighted by Gasteiger charge is 2.24. The van der Waals surface area contributed by atoms with Gasteiger partial charge in [-0.1, -0.05) is 12.1 Å². The fraction of sp³-hybridized carbons (Fsp3) is 0.381. The number of nitrogens with one attached hydrogen (secondary N) is 1. The van der Waals surface area contributed by atoms with Crippen LogP contribution in [0.2, 0.25) is 0 Å². The quantitative estimate of drug-likeness (QED) is 0.833. The van der Waals surface area contributed by atoms with Crippen LogP contribution in [0.4, 0.5) is 5.82 Å². The highest BCUT2D eigenvalue weighted by Crippen LogP contribution is 2.28. The molecule has 0 bridgehead atoms. The lowest BCUT2D eigenvalue weighted by molar-refractivity contribution is -0.118. The number of hydrogen-bond acceptors (Lipinski definition) is 5. The second-order valence-electron chi connectivity index (χ2n) is 6.74. The summed E-state index contributed by atoms with van der Waals surface area (Å²) in [7, 11) is 0. The first-order chi connectivity index (χ1) is 13.5. The van der Waals surface area contributed by atoms with E-state index in [-0.39, 0.29) is 12.7 Å². The van der Waals surface area contributed by atoms with E-state index in [2.05, 4.69) is 11.4 Å². The van der Waals surface area contributed by atoms with Crippen molar-refractivity contribution in [1.29, 1.82) is 10.5 Å². The predicted octanol–water partition coefficient (Wildman–Crippen LogP) is 3.04. The molecule has 0 spiro atoms. The monoisotopic (exact) mass is 378 g/mol. The minimum absolute atomic E-state index is 0.0754. The molecule has 2 aromatic rings. The number of para-hydroxylation sites is 1. The molecule has 144 valence electrons. The molecular weight excluding hydrogens is 356 g/mol. The molecule has 7 heteroatoms. The summed E-state index contributed by atoms with van der Waals surface area (Å²) in [5.41, 5.74) is 2.58. The summed E-state index contributed by atoms with van der Waals surface area (Å²) in [5.74, 6) is 0.424. The Kier molecular flexibility index (Phi) is 5.98. The summed E-state index contributed by atoms with van der Waals surface area (Å²) in [4.78, 5) is 12.5. The van der Waals surface area contributed by atoms with Crippen LogP contribution in [0, 0.1) is 36.5 Å². The van der Waals surface area contributed by atoms with Crippen molar-refractivity contribution in [2.24, 2.45) is 0 Å². The second kappa shape index (κ2) is 8.60. The number of anilines is 1. The molecule has 1 amide bonds. The Bertz CT molecular complexity index is 959. The Morgan fingerprint density at radius 3 is 2.79 bits per heavy atom. The summed E-state index contributed by atoms with van der Waals surface area (Å²) in [6, 6.07) is 11.0. The molecule has 1 aromatic heterocycles. The predicted molar refractivity (Wildman–Crippen MR) is 103 cm³/mol. The maximum Gasteiger partial charge on any atom is 0.263 e. The van der Waals surface area contributed by atoms with E-state index in [0.717, 1.165) is 30.7 Å². The van der Waals surface area contributed by atoms with Gasteiger partial charge in [-0.2, -0.15) is 10.5 Å². The lowest BCUT2D eigenvalue weighted by atomic mass is 10.2. The molecule has 3 rings (SSSR count). The first-order valence-electron chi connectivity index (χ1n) is 9.18.